The second-order valence-corrected chi connectivity index (χ2v) is 5.97. The Morgan fingerprint density at radius 3 is 2.33 bits per heavy atom. The van der Waals surface area contributed by atoms with Crippen molar-refractivity contribution in [3.63, 3.8) is 0 Å². The Morgan fingerprint density at radius 1 is 1.38 bits per heavy atom. The zero-order valence-electron chi connectivity index (χ0n) is 13.6. The summed E-state index contributed by atoms with van der Waals surface area (Å²) in [5.74, 6) is -0.000871. The third-order valence-electron chi connectivity index (χ3n) is 2.86. The van der Waals surface area contributed by atoms with E-state index < -0.39 is 0 Å². The second kappa shape index (κ2) is 9.20. The van der Waals surface area contributed by atoms with Crippen molar-refractivity contribution in [2.45, 2.75) is 52.1 Å². The zero-order chi connectivity index (χ0) is 16.5. The van der Waals surface area contributed by atoms with Crippen molar-refractivity contribution in [2.75, 3.05) is 20.2 Å². The highest BCUT2D eigenvalue weighted by Gasteiger charge is 2.25. The first-order chi connectivity index (χ1) is 9.71. The van der Waals surface area contributed by atoms with E-state index in [-0.39, 0.29) is 24.0 Å². The molecule has 0 saturated carbocycles. The van der Waals surface area contributed by atoms with Gasteiger partial charge in [-0.2, -0.15) is 0 Å². The highest BCUT2D eigenvalue weighted by atomic mass is 16.5. The first kappa shape index (κ1) is 19.2. The van der Waals surface area contributed by atoms with Gasteiger partial charge in [-0.15, -0.1) is 0 Å². The predicted octanol–water partition coefficient (Wildman–Crippen LogP) is 0.884. The van der Waals surface area contributed by atoms with Crippen molar-refractivity contribution in [2.24, 2.45) is 0 Å². The average Bonchev–Trinajstić information content (AvgIpc) is 2.80. The van der Waals surface area contributed by atoms with Gasteiger partial charge in [0.2, 0.25) is 5.91 Å². The van der Waals surface area contributed by atoms with E-state index in [0.29, 0.717) is 12.5 Å². The van der Waals surface area contributed by atoms with Gasteiger partial charge in [-0.3, -0.25) is 9.59 Å². The molecule has 0 spiro atoms. The molecule has 1 heterocycles. The molecule has 1 fully saturated rings. The van der Waals surface area contributed by atoms with E-state index in [2.05, 4.69) is 15.4 Å². The molecule has 2 N–H and O–H groups in total. The minimum atomic E-state index is -0.294. The van der Waals surface area contributed by atoms with Crippen molar-refractivity contribution in [3.05, 3.63) is 0 Å². The van der Waals surface area contributed by atoms with Crippen molar-refractivity contribution in [3.8, 4) is 0 Å². The van der Waals surface area contributed by atoms with Crippen molar-refractivity contribution in [1.29, 1.82) is 0 Å². The molecule has 1 saturated heterocycles. The van der Waals surface area contributed by atoms with Gasteiger partial charge in [-0.25, -0.2) is 4.79 Å². The summed E-state index contributed by atoms with van der Waals surface area (Å²) in [4.78, 5) is 34.1. The van der Waals surface area contributed by atoms with Crippen LogP contribution in [0.3, 0.4) is 0 Å². The number of ether oxygens (including phenoxy) is 1. The van der Waals surface area contributed by atoms with Crippen LogP contribution in [0.5, 0.6) is 0 Å². The summed E-state index contributed by atoms with van der Waals surface area (Å²) in [6.45, 7) is 9.00. The van der Waals surface area contributed by atoms with Gasteiger partial charge in [0.05, 0.1) is 13.7 Å². The van der Waals surface area contributed by atoms with Gasteiger partial charge in [0.1, 0.15) is 0 Å². The topological polar surface area (TPSA) is 87.7 Å². The summed E-state index contributed by atoms with van der Waals surface area (Å²) < 4.78 is 3.86. The third kappa shape index (κ3) is 8.88. The summed E-state index contributed by atoms with van der Waals surface area (Å²) >= 11 is 0. The van der Waals surface area contributed by atoms with E-state index >= 15 is 0 Å². The minimum Gasteiger partial charge on any atom is -0.471 e. The second-order valence-electron chi connectivity index (χ2n) is 5.97. The molecule has 0 aromatic rings. The van der Waals surface area contributed by atoms with Crippen LogP contribution in [-0.4, -0.2) is 55.1 Å². The normalized spacial score (nSPS) is 17.4. The van der Waals surface area contributed by atoms with E-state index in [4.69, 9.17) is 4.79 Å². The summed E-state index contributed by atoms with van der Waals surface area (Å²) in [5, 5.41) is 5.35. The quantitative estimate of drug-likeness (QED) is 0.758. The lowest BCUT2D eigenvalue weighted by atomic mass is 10.1. The molecule has 0 unspecified atom stereocenters. The molecular weight excluding hydrogens is 274 g/mol. The van der Waals surface area contributed by atoms with E-state index in [0.717, 1.165) is 19.4 Å². The molecule has 0 aromatic heterocycles. The molecular formula is C14H27N3O4. The molecule has 7 nitrogen and oxygen atoms in total. The highest BCUT2D eigenvalue weighted by Crippen LogP contribution is 2.15. The molecule has 0 radical (unpaired) electrons. The molecule has 3 amide bonds. The molecule has 122 valence electrons. The van der Waals surface area contributed by atoms with Crippen molar-refractivity contribution in [1.82, 2.24) is 15.5 Å². The Kier molecular flexibility index (Phi) is 8.42. The number of nitrogens with zero attached hydrogens (tertiary/aromatic N) is 1. The predicted molar refractivity (Wildman–Crippen MR) is 79.8 cm³/mol. The maximum Gasteiger partial charge on any atom is 0.315 e. The molecule has 0 aliphatic carbocycles. The summed E-state index contributed by atoms with van der Waals surface area (Å²) in [6, 6.07) is 0.00711. The van der Waals surface area contributed by atoms with Crippen LogP contribution in [0.2, 0.25) is 0 Å². The van der Waals surface area contributed by atoms with E-state index in [1.807, 2.05) is 32.6 Å². The third-order valence-corrected chi connectivity index (χ3v) is 2.86. The van der Waals surface area contributed by atoms with E-state index in [1.54, 1.807) is 0 Å². The summed E-state index contributed by atoms with van der Waals surface area (Å²) in [6.07, 6.45) is 2.11. The fraction of sp³-hybridized carbons (Fsp3) is 0.786. The number of carbonyl (C=O) groups excluding carboxylic acids is 3. The van der Waals surface area contributed by atoms with Crippen LogP contribution in [0.4, 0.5) is 4.79 Å². The van der Waals surface area contributed by atoms with Crippen LogP contribution in [0.25, 0.3) is 0 Å². The lowest BCUT2D eigenvalue weighted by Gasteiger charge is -2.23. The Hall–Kier alpha value is -1.79. The molecule has 1 rings (SSSR count). The van der Waals surface area contributed by atoms with Crippen LogP contribution in [-0.2, 0) is 14.3 Å². The van der Waals surface area contributed by atoms with Gasteiger partial charge in [-0.1, -0.05) is 0 Å². The Bertz CT molecular complexity index is 353. The Morgan fingerprint density at radius 2 is 1.95 bits per heavy atom. The number of carbonyl (C=O) groups is 3. The first-order valence-corrected chi connectivity index (χ1v) is 7.03. The van der Waals surface area contributed by atoms with E-state index in [1.165, 1.54) is 7.11 Å². The molecule has 7 heteroatoms. The molecule has 0 bridgehead atoms. The summed E-state index contributed by atoms with van der Waals surface area (Å²) in [7, 11) is 1.31. The van der Waals surface area contributed by atoms with Gasteiger partial charge in [0.25, 0.3) is 6.47 Å². The molecule has 1 aliphatic rings. The summed E-state index contributed by atoms with van der Waals surface area (Å²) in [5.41, 5.74) is -0.284. The van der Waals surface area contributed by atoms with E-state index in [9.17, 15) is 9.59 Å². The van der Waals surface area contributed by atoms with Gasteiger partial charge >= 0.3 is 6.03 Å². The van der Waals surface area contributed by atoms with Gasteiger partial charge in [0.15, 0.2) is 0 Å². The van der Waals surface area contributed by atoms with Crippen molar-refractivity contribution < 1.29 is 19.1 Å². The Balaban J connectivity index is 0.000000885. The number of rotatable bonds is 3. The number of urea groups is 1. The zero-order valence-corrected chi connectivity index (χ0v) is 13.6. The number of nitrogens with one attached hydrogen (secondary N) is 2. The van der Waals surface area contributed by atoms with Crippen LogP contribution in [0, 0.1) is 0 Å². The smallest absolute Gasteiger partial charge is 0.315 e. The standard InChI is InChI=1S/C12H23N3O2.C2H4O2/c1-9-6-5-7-15(9)10(16)8-13-11(17)14-12(2,3)4;1-4-2-3/h9H,5-8H2,1-4H3,(H2,13,14,17);2H,1H3/t9-;/m0./s1. The lowest BCUT2D eigenvalue weighted by molar-refractivity contribution is -0.130. The van der Waals surface area contributed by atoms with Crippen LogP contribution >= 0.6 is 0 Å². The van der Waals surface area contributed by atoms with Crippen LogP contribution in [0.1, 0.15) is 40.5 Å². The minimum absolute atomic E-state index is 0.000871. The van der Waals surface area contributed by atoms with Crippen LogP contribution in [0.15, 0.2) is 0 Å². The van der Waals surface area contributed by atoms with Gasteiger partial charge < -0.3 is 20.3 Å². The maximum absolute atomic E-state index is 11.8. The number of hydrogen-bond acceptors (Lipinski definition) is 4. The molecule has 21 heavy (non-hydrogen) atoms. The van der Waals surface area contributed by atoms with Crippen LogP contribution < -0.4 is 10.6 Å². The van der Waals surface area contributed by atoms with Crippen molar-refractivity contribution >= 4 is 18.4 Å². The fourth-order valence-corrected chi connectivity index (χ4v) is 1.95. The Labute approximate surface area is 126 Å². The average molecular weight is 301 g/mol. The number of hydrogen-bond donors (Lipinski definition) is 2. The molecule has 1 aliphatic heterocycles. The molecule has 0 aromatic carbocycles. The van der Waals surface area contributed by atoms with Gasteiger partial charge in [0, 0.05) is 18.1 Å². The number of amides is 3. The first-order valence-electron chi connectivity index (χ1n) is 7.03. The largest absolute Gasteiger partial charge is 0.471 e. The SMILES string of the molecule is COC=O.C[C@H]1CCCN1C(=O)CNC(=O)NC(C)(C)C. The number of likely N-dealkylation sites (tertiary alicyclic amines) is 1. The fourth-order valence-electron chi connectivity index (χ4n) is 1.95. The monoisotopic (exact) mass is 301 g/mol. The number of methoxy groups -OCH3 is 1. The van der Waals surface area contributed by atoms with Gasteiger partial charge in [-0.05, 0) is 40.5 Å². The lowest BCUT2D eigenvalue weighted by Crippen LogP contribution is -2.49. The highest BCUT2D eigenvalue weighted by molar-refractivity contribution is 5.84. The maximum atomic E-state index is 11.8. The molecule has 1 atom stereocenters.